The molecule has 0 aliphatic heterocycles. The molecule has 0 heterocycles. The van der Waals surface area contributed by atoms with Crippen molar-refractivity contribution >= 4 is 26.1 Å². The number of nitrogens with zero attached hydrogens (tertiary/aromatic N) is 1. The van der Waals surface area contributed by atoms with Crippen LogP contribution in [0.4, 0.5) is 4.79 Å². The monoisotopic (exact) mass is 293 g/mol. The molecule has 1 aromatic rings. The lowest BCUT2D eigenvalue weighted by Gasteiger charge is -2.16. The Morgan fingerprint density at radius 2 is 1.44 bits per heavy atom. The Labute approximate surface area is 105 Å². The van der Waals surface area contributed by atoms with Crippen LogP contribution in [0.25, 0.3) is 0 Å². The molecule has 0 saturated carbocycles. The fourth-order valence-corrected chi connectivity index (χ4v) is 3.73. The zero-order chi connectivity index (χ0) is 14.0. The van der Waals surface area contributed by atoms with Crippen molar-refractivity contribution in [3.8, 4) is 5.75 Å². The lowest BCUT2D eigenvalue weighted by atomic mass is 10.3. The van der Waals surface area contributed by atoms with Gasteiger partial charge in [0.05, 0.1) is 12.5 Å². The van der Waals surface area contributed by atoms with Crippen molar-refractivity contribution in [1.82, 2.24) is 3.71 Å². The molecule has 100 valence electrons. The maximum atomic E-state index is 11.6. The summed E-state index contributed by atoms with van der Waals surface area (Å²) in [6, 6.07) is 7.53. The van der Waals surface area contributed by atoms with Crippen molar-refractivity contribution < 1.29 is 26.4 Å². The Morgan fingerprint density at radius 1 is 1.00 bits per heavy atom. The SMILES string of the molecule is CS(=O)(=O)N(C(=O)Oc1ccccc1)S(C)(=O)=O. The van der Waals surface area contributed by atoms with Gasteiger partial charge in [0, 0.05) is 0 Å². The largest absolute Gasteiger partial charge is 0.443 e. The van der Waals surface area contributed by atoms with E-state index in [9.17, 15) is 21.6 Å². The average Bonchev–Trinajstić information content (AvgIpc) is 2.13. The highest BCUT2D eigenvalue weighted by atomic mass is 32.3. The smallest absolute Gasteiger partial charge is 0.409 e. The fraction of sp³-hybridized carbons (Fsp3) is 0.222. The summed E-state index contributed by atoms with van der Waals surface area (Å²) in [5.41, 5.74) is 0. The van der Waals surface area contributed by atoms with E-state index in [1.165, 1.54) is 12.1 Å². The van der Waals surface area contributed by atoms with Crippen LogP contribution in [0.3, 0.4) is 0 Å². The molecular formula is C9H11NO6S2. The third kappa shape index (κ3) is 3.70. The number of benzene rings is 1. The van der Waals surface area contributed by atoms with Gasteiger partial charge in [0.2, 0.25) is 20.0 Å². The highest BCUT2D eigenvalue weighted by Gasteiger charge is 2.34. The van der Waals surface area contributed by atoms with Gasteiger partial charge in [-0.2, -0.15) is 0 Å². The Morgan fingerprint density at radius 3 is 1.83 bits per heavy atom. The molecule has 0 bridgehead atoms. The van der Waals surface area contributed by atoms with Gasteiger partial charge in [-0.05, 0) is 12.1 Å². The zero-order valence-electron chi connectivity index (χ0n) is 9.60. The second-order valence-corrected chi connectivity index (χ2v) is 7.30. The van der Waals surface area contributed by atoms with Crippen LogP contribution in [-0.4, -0.2) is 39.2 Å². The lowest BCUT2D eigenvalue weighted by molar-refractivity contribution is 0.194. The molecule has 0 spiro atoms. The topological polar surface area (TPSA) is 97.8 Å². The quantitative estimate of drug-likeness (QED) is 0.800. The van der Waals surface area contributed by atoms with Crippen LogP contribution in [0.1, 0.15) is 0 Å². The van der Waals surface area contributed by atoms with Crippen molar-refractivity contribution in [3.63, 3.8) is 0 Å². The summed E-state index contributed by atoms with van der Waals surface area (Å²) in [7, 11) is -8.54. The van der Waals surface area contributed by atoms with E-state index in [1.807, 2.05) is 0 Å². The minimum atomic E-state index is -4.27. The summed E-state index contributed by atoms with van der Waals surface area (Å²) in [6.07, 6.45) is -0.299. The van der Waals surface area contributed by atoms with Crippen LogP contribution in [0.5, 0.6) is 5.75 Å². The molecule has 0 aromatic heterocycles. The first-order valence-electron chi connectivity index (χ1n) is 4.59. The maximum absolute atomic E-state index is 11.6. The number of para-hydroxylation sites is 1. The number of hydrogen-bond acceptors (Lipinski definition) is 6. The number of carbonyl (C=O) groups excluding carboxylic acids is 1. The molecule has 0 aliphatic rings. The van der Waals surface area contributed by atoms with Crippen molar-refractivity contribution in [2.45, 2.75) is 0 Å². The predicted octanol–water partition coefficient (Wildman–Crippen LogP) is 0.407. The minimum Gasteiger partial charge on any atom is -0.409 e. The molecule has 0 fully saturated rings. The summed E-state index contributed by atoms with van der Waals surface area (Å²) in [4.78, 5) is 11.6. The first-order valence-corrected chi connectivity index (χ1v) is 8.29. The number of rotatable bonds is 3. The van der Waals surface area contributed by atoms with Crippen LogP contribution < -0.4 is 4.74 Å². The number of amides is 1. The molecule has 0 radical (unpaired) electrons. The van der Waals surface area contributed by atoms with E-state index in [1.54, 1.807) is 18.2 Å². The molecular weight excluding hydrogens is 282 g/mol. The minimum absolute atomic E-state index is 0.0415. The predicted molar refractivity (Wildman–Crippen MR) is 64.0 cm³/mol. The van der Waals surface area contributed by atoms with E-state index < -0.39 is 26.1 Å². The third-order valence-electron chi connectivity index (χ3n) is 1.70. The highest BCUT2D eigenvalue weighted by molar-refractivity contribution is 8.04. The zero-order valence-corrected chi connectivity index (χ0v) is 11.2. The van der Waals surface area contributed by atoms with Crippen LogP contribution in [-0.2, 0) is 20.0 Å². The Bertz CT molecular complexity index is 603. The van der Waals surface area contributed by atoms with E-state index in [2.05, 4.69) is 4.74 Å². The van der Waals surface area contributed by atoms with Gasteiger partial charge in [-0.25, -0.2) is 21.6 Å². The van der Waals surface area contributed by atoms with Gasteiger partial charge in [-0.1, -0.05) is 21.9 Å². The lowest BCUT2D eigenvalue weighted by Crippen LogP contribution is -2.42. The van der Waals surface area contributed by atoms with E-state index in [0.717, 1.165) is 0 Å². The summed E-state index contributed by atoms with van der Waals surface area (Å²) in [5.74, 6) is 0.0415. The molecule has 0 saturated heterocycles. The van der Waals surface area contributed by atoms with Crippen molar-refractivity contribution in [3.05, 3.63) is 30.3 Å². The number of sulfonamides is 2. The number of hydrogen-bond donors (Lipinski definition) is 0. The van der Waals surface area contributed by atoms with Gasteiger partial charge < -0.3 is 4.74 Å². The average molecular weight is 293 g/mol. The van der Waals surface area contributed by atoms with E-state index in [-0.39, 0.29) is 9.46 Å². The van der Waals surface area contributed by atoms with Crippen molar-refractivity contribution in [2.24, 2.45) is 0 Å². The van der Waals surface area contributed by atoms with Crippen LogP contribution >= 0.6 is 0 Å². The molecule has 0 N–H and O–H groups in total. The molecule has 0 unspecified atom stereocenters. The van der Waals surface area contributed by atoms with E-state index >= 15 is 0 Å². The summed E-state index contributed by atoms with van der Waals surface area (Å²) >= 11 is 0. The standard InChI is InChI=1S/C9H11NO6S2/c1-17(12,13)10(18(2,14)15)9(11)16-8-6-4-3-5-7-8/h3-7H,1-2H3. The second-order valence-electron chi connectivity index (χ2n) is 3.40. The van der Waals surface area contributed by atoms with Gasteiger partial charge in [0.1, 0.15) is 5.75 Å². The fourth-order valence-electron chi connectivity index (χ4n) is 1.14. The van der Waals surface area contributed by atoms with Crippen LogP contribution in [0.15, 0.2) is 30.3 Å². The molecule has 9 heteroatoms. The normalized spacial score (nSPS) is 11.9. The molecule has 7 nitrogen and oxygen atoms in total. The van der Waals surface area contributed by atoms with Gasteiger partial charge in [0.25, 0.3) is 0 Å². The Balaban J connectivity index is 3.07. The van der Waals surface area contributed by atoms with Crippen molar-refractivity contribution in [2.75, 3.05) is 12.5 Å². The first kappa shape index (κ1) is 14.5. The van der Waals surface area contributed by atoms with Gasteiger partial charge in [-0.3, -0.25) is 0 Å². The summed E-state index contributed by atoms with van der Waals surface area (Å²) in [5, 5.41) is 0. The Kier molecular flexibility index (Phi) is 3.97. The molecule has 18 heavy (non-hydrogen) atoms. The molecule has 1 rings (SSSR count). The van der Waals surface area contributed by atoms with Crippen molar-refractivity contribution in [1.29, 1.82) is 0 Å². The van der Waals surface area contributed by atoms with Gasteiger partial charge in [-0.15, -0.1) is 0 Å². The van der Waals surface area contributed by atoms with Gasteiger partial charge >= 0.3 is 6.09 Å². The Hall–Kier alpha value is -1.61. The molecule has 0 atom stereocenters. The first-order chi connectivity index (χ1) is 8.12. The molecule has 0 aliphatic carbocycles. The summed E-state index contributed by atoms with van der Waals surface area (Å²) in [6.45, 7) is 0. The number of carbonyl (C=O) groups is 1. The summed E-state index contributed by atoms with van der Waals surface area (Å²) < 4.78 is 49.4. The molecule has 1 aromatic carbocycles. The van der Waals surface area contributed by atoms with E-state index in [0.29, 0.717) is 12.5 Å². The maximum Gasteiger partial charge on any atom is 0.443 e. The van der Waals surface area contributed by atoms with Crippen LogP contribution in [0.2, 0.25) is 0 Å². The third-order valence-corrected chi connectivity index (χ3v) is 4.83. The van der Waals surface area contributed by atoms with Gasteiger partial charge in [0.15, 0.2) is 0 Å². The van der Waals surface area contributed by atoms with Crippen LogP contribution in [0, 0.1) is 0 Å². The molecule has 1 amide bonds. The number of ether oxygens (including phenoxy) is 1. The highest BCUT2D eigenvalue weighted by Crippen LogP contribution is 2.13. The second kappa shape index (κ2) is 4.94. The van der Waals surface area contributed by atoms with E-state index in [4.69, 9.17) is 0 Å².